The van der Waals surface area contributed by atoms with Gasteiger partial charge in [0.15, 0.2) is 11.5 Å². The van der Waals surface area contributed by atoms with E-state index in [0.29, 0.717) is 12.8 Å². The van der Waals surface area contributed by atoms with E-state index in [9.17, 15) is 0 Å². The molecular formula is C16H19N3O2. The molecule has 0 amide bonds. The minimum atomic E-state index is 0.301. The number of aromatic nitrogens is 1. The van der Waals surface area contributed by atoms with E-state index in [0.717, 1.165) is 47.6 Å². The van der Waals surface area contributed by atoms with Crippen LogP contribution in [0.5, 0.6) is 11.5 Å². The molecule has 110 valence electrons. The van der Waals surface area contributed by atoms with Crippen LogP contribution in [0, 0.1) is 0 Å². The summed E-state index contributed by atoms with van der Waals surface area (Å²) in [6.07, 6.45) is 5.54. The Morgan fingerprint density at radius 2 is 2.19 bits per heavy atom. The molecule has 5 heteroatoms. The van der Waals surface area contributed by atoms with Crippen LogP contribution in [0.3, 0.4) is 0 Å². The van der Waals surface area contributed by atoms with Crippen LogP contribution in [0.4, 0.5) is 5.82 Å². The monoisotopic (exact) mass is 285 g/mol. The number of hydrogen-bond acceptors (Lipinski definition) is 5. The van der Waals surface area contributed by atoms with Crippen molar-refractivity contribution >= 4 is 16.6 Å². The molecule has 1 aromatic heterocycles. The molecule has 1 fully saturated rings. The van der Waals surface area contributed by atoms with Crippen LogP contribution in [-0.2, 0) is 0 Å². The summed E-state index contributed by atoms with van der Waals surface area (Å²) in [7, 11) is 0. The molecule has 4 rings (SSSR count). The highest BCUT2D eigenvalue weighted by Gasteiger charge is 2.16. The Hall–Kier alpha value is -2.01. The van der Waals surface area contributed by atoms with E-state index < -0.39 is 0 Å². The second-order valence-corrected chi connectivity index (χ2v) is 5.59. The van der Waals surface area contributed by atoms with E-state index >= 15 is 0 Å². The summed E-state index contributed by atoms with van der Waals surface area (Å²) in [6, 6.07) is 6.68. The third-order valence-corrected chi connectivity index (χ3v) is 4.21. The smallest absolute Gasteiger partial charge is 0.231 e. The number of nitrogens with one attached hydrogen (secondary N) is 2. The fourth-order valence-electron chi connectivity index (χ4n) is 3.07. The van der Waals surface area contributed by atoms with Gasteiger partial charge < -0.3 is 20.1 Å². The van der Waals surface area contributed by atoms with Gasteiger partial charge in [-0.25, -0.2) is 4.98 Å². The quantitative estimate of drug-likeness (QED) is 0.904. The van der Waals surface area contributed by atoms with Crippen molar-refractivity contribution in [1.82, 2.24) is 10.3 Å². The zero-order valence-electron chi connectivity index (χ0n) is 11.9. The third-order valence-electron chi connectivity index (χ3n) is 4.21. The Morgan fingerprint density at radius 3 is 3.05 bits per heavy atom. The Kier molecular flexibility index (Phi) is 3.27. The lowest BCUT2D eigenvalue weighted by molar-refractivity contribution is 0.174. The maximum absolute atomic E-state index is 5.46. The lowest BCUT2D eigenvalue weighted by Crippen LogP contribution is -2.24. The van der Waals surface area contributed by atoms with Gasteiger partial charge in [-0.3, -0.25) is 0 Å². The normalized spacial score (nSPS) is 20.1. The molecule has 2 aliphatic heterocycles. The molecule has 2 aliphatic rings. The van der Waals surface area contributed by atoms with Crippen LogP contribution in [0.15, 0.2) is 24.4 Å². The number of ether oxygens (including phenoxy) is 2. The summed E-state index contributed by atoms with van der Waals surface area (Å²) in [5.74, 6) is 2.54. The zero-order chi connectivity index (χ0) is 14.1. The molecule has 0 spiro atoms. The lowest BCUT2D eigenvalue weighted by Gasteiger charge is -2.12. The van der Waals surface area contributed by atoms with Crippen molar-refractivity contribution in [3.63, 3.8) is 0 Å². The number of rotatable bonds is 4. The summed E-state index contributed by atoms with van der Waals surface area (Å²) < 4.78 is 10.9. The molecule has 1 atom stereocenters. The second kappa shape index (κ2) is 5.41. The fourth-order valence-corrected chi connectivity index (χ4v) is 3.07. The molecule has 0 saturated carbocycles. The predicted molar refractivity (Wildman–Crippen MR) is 82.0 cm³/mol. The van der Waals surface area contributed by atoms with Crippen molar-refractivity contribution < 1.29 is 9.47 Å². The van der Waals surface area contributed by atoms with Gasteiger partial charge in [0.25, 0.3) is 0 Å². The lowest BCUT2D eigenvalue weighted by atomic mass is 10.1. The molecule has 2 N–H and O–H groups in total. The van der Waals surface area contributed by atoms with Crippen molar-refractivity contribution in [2.24, 2.45) is 0 Å². The van der Waals surface area contributed by atoms with Gasteiger partial charge in [-0.05, 0) is 49.4 Å². The first-order valence-electron chi connectivity index (χ1n) is 7.56. The van der Waals surface area contributed by atoms with Crippen LogP contribution in [0.1, 0.15) is 19.3 Å². The van der Waals surface area contributed by atoms with Gasteiger partial charge in [0.1, 0.15) is 5.82 Å². The van der Waals surface area contributed by atoms with E-state index in [2.05, 4.69) is 15.6 Å². The molecule has 0 bridgehead atoms. The molecule has 1 saturated heterocycles. The van der Waals surface area contributed by atoms with Gasteiger partial charge in [-0.2, -0.15) is 0 Å². The van der Waals surface area contributed by atoms with Crippen molar-refractivity contribution in [3.8, 4) is 11.5 Å². The SMILES string of the molecule is c1cc2cc3c(cc2c(NCC[C@H]2CCCN2)n1)OCO3. The molecular weight excluding hydrogens is 266 g/mol. The number of hydrogen-bond donors (Lipinski definition) is 2. The number of pyridine rings is 1. The molecule has 21 heavy (non-hydrogen) atoms. The average molecular weight is 285 g/mol. The van der Waals surface area contributed by atoms with Gasteiger partial charge >= 0.3 is 0 Å². The number of fused-ring (bicyclic) bond motifs is 2. The number of benzene rings is 1. The second-order valence-electron chi connectivity index (χ2n) is 5.59. The maximum Gasteiger partial charge on any atom is 0.231 e. The molecule has 3 heterocycles. The van der Waals surface area contributed by atoms with Crippen LogP contribution in [0.2, 0.25) is 0 Å². The fraction of sp³-hybridized carbons (Fsp3) is 0.438. The summed E-state index contributed by atoms with van der Waals surface area (Å²) in [5, 5.41) is 9.18. The van der Waals surface area contributed by atoms with Gasteiger partial charge in [0, 0.05) is 24.2 Å². The van der Waals surface area contributed by atoms with Gasteiger partial charge in [0.05, 0.1) is 0 Å². The van der Waals surface area contributed by atoms with Gasteiger partial charge in [0.2, 0.25) is 6.79 Å². The summed E-state index contributed by atoms with van der Waals surface area (Å²) in [4.78, 5) is 4.47. The topological polar surface area (TPSA) is 55.4 Å². The van der Waals surface area contributed by atoms with E-state index in [1.165, 1.54) is 12.8 Å². The molecule has 0 aliphatic carbocycles. The highest BCUT2D eigenvalue weighted by molar-refractivity contribution is 5.94. The van der Waals surface area contributed by atoms with Crippen molar-refractivity contribution in [2.75, 3.05) is 25.2 Å². The highest BCUT2D eigenvalue weighted by Crippen LogP contribution is 2.37. The summed E-state index contributed by atoms with van der Waals surface area (Å²) in [6.45, 7) is 2.38. The first-order chi connectivity index (χ1) is 10.4. The summed E-state index contributed by atoms with van der Waals surface area (Å²) >= 11 is 0. The molecule has 0 radical (unpaired) electrons. The van der Waals surface area contributed by atoms with Crippen molar-refractivity contribution in [2.45, 2.75) is 25.3 Å². The maximum atomic E-state index is 5.46. The highest BCUT2D eigenvalue weighted by atomic mass is 16.7. The van der Waals surface area contributed by atoms with Crippen LogP contribution in [-0.4, -0.2) is 30.9 Å². The van der Waals surface area contributed by atoms with E-state index in [1.807, 2.05) is 24.4 Å². The van der Waals surface area contributed by atoms with Crippen molar-refractivity contribution in [1.29, 1.82) is 0 Å². The minimum absolute atomic E-state index is 0.301. The molecule has 1 aromatic carbocycles. The summed E-state index contributed by atoms with van der Waals surface area (Å²) in [5.41, 5.74) is 0. The first-order valence-corrected chi connectivity index (χ1v) is 7.56. The van der Waals surface area contributed by atoms with Crippen LogP contribution >= 0.6 is 0 Å². The number of anilines is 1. The van der Waals surface area contributed by atoms with E-state index in [1.54, 1.807) is 0 Å². The standard InChI is InChI=1S/C16H19N3O2/c1-2-12(17-5-1)4-7-19-16-13-9-15-14(20-10-21-15)8-11(13)3-6-18-16/h3,6,8-9,12,17H,1-2,4-5,7,10H2,(H,18,19)/t12-/m1/s1. The van der Waals surface area contributed by atoms with Crippen LogP contribution < -0.4 is 20.1 Å². The van der Waals surface area contributed by atoms with Gasteiger partial charge in [-0.1, -0.05) is 0 Å². The Labute approximate surface area is 123 Å². The first kappa shape index (κ1) is 12.7. The van der Waals surface area contributed by atoms with Gasteiger partial charge in [-0.15, -0.1) is 0 Å². The average Bonchev–Trinajstić information content (AvgIpc) is 3.16. The predicted octanol–water partition coefficient (Wildman–Crippen LogP) is 2.52. The third kappa shape index (κ3) is 2.49. The Bertz CT molecular complexity index is 653. The molecule has 0 unspecified atom stereocenters. The van der Waals surface area contributed by atoms with Crippen molar-refractivity contribution in [3.05, 3.63) is 24.4 Å². The minimum Gasteiger partial charge on any atom is -0.454 e. The molecule has 5 nitrogen and oxygen atoms in total. The Morgan fingerprint density at radius 1 is 1.29 bits per heavy atom. The molecule has 2 aromatic rings. The van der Waals surface area contributed by atoms with Crippen LogP contribution in [0.25, 0.3) is 10.8 Å². The number of nitrogens with zero attached hydrogens (tertiary/aromatic N) is 1. The van der Waals surface area contributed by atoms with E-state index in [-0.39, 0.29) is 0 Å². The zero-order valence-corrected chi connectivity index (χ0v) is 11.9. The van der Waals surface area contributed by atoms with E-state index in [4.69, 9.17) is 9.47 Å². The Balaban J connectivity index is 1.53. The largest absolute Gasteiger partial charge is 0.454 e.